The van der Waals surface area contributed by atoms with Gasteiger partial charge in [-0.3, -0.25) is 4.79 Å². The number of amides is 1. The van der Waals surface area contributed by atoms with Gasteiger partial charge in [-0.2, -0.15) is 0 Å². The molecule has 2 heterocycles. The summed E-state index contributed by atoms with van der Waals surface area (Å²) in [5, 5.41) is 14.9. The van der Waals surface area contributed by atoms with Gasteiger partial charge in [-0.05, 0) is 77.8 Å². The van der Waals surface area contributed by atoms with Crippen LogP contribution in [-0.4, -0.2) is 84.7 Å². The number of aliphatic hydroxyl groups is 1. The Morgan fingerprint density at radius 3 is 2.72 bits per heavy atom. The summed E-state index contributed by atoms with van der Waals surface area (Å²) in [6.07, 6.45) is 3.18. The van der Waals surface area contributed by atoms with Crippen molar-refractivity contribution in [3.63, 3.8) is 0 Å². The zero-order valence-corrected chi connectivity index (χ0v) is 26.0. The summed E-state index contributed by atoms with van der Waals surface area (Å²) in [7, 11) is 3.61. The van der Waals surface area contributed by atoms with E-state index in [1.54, 1.807) is 34.0 Å². The summed E-state index contributed by atoms with van der Waals surface area (Å²) in [6.45, 7) is 8.10. The maximum absolute atomic E-state index is 13.3. The number of methoxy groups -OCH3 is 1. The molecule has 4 aliphatic rings. The first kappa shape index (κ1) is 31.1. The fourth-order valence-electron chi connectivity index (χ4n) is 7.15. The quantitative estimate of drug-likeness (QED) is 0.233. The number of likely N-dealkylation sites (N-methyl/N-ethyl adjacent to an activating group) is 1. The van der Waals surface area contributed by atoms with Gasteiger partial charge >= 0.3 is 18.0 Å². The van der Waals surface area contributed by atoms with Crippen molar-refractivity contribution in [1.82, 2.24) is 10.2 Å². The highest BCUT2D eigenvalue weighted by atomic mass is 16.6. The number of likely N-dealkylation sites (tertiary alicyclic amines) is 1. The topological polar surface area (TPSA) is 133 Å². The lowest BCUT2D eigenvalue weighted by molar-refractivity contribution is -0.169. The Bertz CT molecular complexity index is 1300. The van der Waals surface area contributed by atoms with Gasteiger partial charge in [0, 0.05) is 24.4 Å². The average Bonchev–Trinajstić information content (AvgIpc) is 3.29. The summed E-state index contributed by atoms with van der Waals surface area (Å²) in [5.41, 5.74) is -0.625. The Balaban J connectivity index is 1.34. The van der Waals surface area contributed by atoms with Gasteiger partial charge in [-0.15, -0.1) is 0 Å². The van der Waals surface area contributed by atoms with Crippen molar-refractivity contribution in [1.29, 1.82) is 0 Å². The molecule has 1 fully saturated rings. The lowest BCUT2D eigenvalue weighted by Crippen LogP contribution is -2.74. The van der Waals surface area contributed by atoms with E-state index in [-0.39, 0.29) is 25.5 Å². The highest BCUT2D eigenvalue weighted by Gasteiger charge is 2.72. The van der Waals surface area contributed by atoms with Crippen LogP contribution in [0.4, 0.5) is 4.79 Å². The van der Waals surface area contributed by atoms with Gasteiger partial charge in [0.2, 0.25) is 0 Å². The molecule has 5 rings (SSSR count). The van der Waals surface area contributed by atoms with Crippen LogP contribution in [0, 0.1) is 0 Å². The second kappa shape index (κ2) is 11.6. The van der Waals surface area contributed by atoms with Gasteiger partial charge in [-0.25, -0.2) is 9.59 Å². The molecule has 43 heavy (non-hydrogen) atoms. The minimum atomic E-state index is -1.12. The van der Waals surface area contributed by atoms with Crippen molar-refractivity contribution in [3.8, 4) is 11.5 Å². The number of hydrogen-bond donors (Lipinski definition) is 2. The Morgan fingerprint density at radius 2 is 2.02 bits per heavy atom. The molecule has 2 aliphatic heterocycles. The monoisotopic (exact) mass is 600 g/mol. The molecule has 1 saturated heterocycles. The molecule has 0 saturated carbocycles. The molecule has 1 aromatic rings. The summed E-state index contributed by atoms with van der Waals surface area (Å²) in [4.78, 5) is 40.7. The van der Waals surface area contributed by atoms with Crippen LogP contribution in [0.1, 0.15) is 77.3 Å². The molecule has 1 spiro atoms. The van der Waals surface area contributed by atoms with E-state index in [1.165, 1.54) is 0 Å². The molecule has 0 aromatic heterocycles. The van der Waals surface area contributed by atoms with Gasteiger partial charge < -0.3 is 39.0 Å². The van der Waals surface area contributed by atoms with Crippen molar-refractivity contribution in [3.05, 3.63) is 35.1 Å². The molecular formula is C32H44N2O9. The molecule has 2 aliphatic carbocycles. The molecule has 11 heteroatoms. The number of hydrogen-bond acceptors (Lipinski definition) is 10. The third-order valence-corrected chi connectivity index (χ3v) is 9.14. The molecule has 1 aromatic carbocycles. The largest absolute Gasteiger partial charge is 0.493 e. The van der Waals surface area contributed by atoms with Gasteiger partial charge in [-0.1, -0.05) is 19.4 Å². The molecule has 2 N–H and O–H groups in total. The Hall–Kier alpha value is -3.31. The number of carbonyl (C=O) groups is 3. The highest BCUT2D eigenvalue weighted by Crippen LogP contribution is 2.65. The number of benzene rings is 1. The smallest absolute Gasteiger partial charge is 0.408 e. The minimum absolute atomic E-state index is 0.0397. The summed E-state index contributed by atoms with van der Waals surface area (Å²) in [6, 6.07) is 2.72. The van der Waals surface area contributed by atoms with Crippen molar-refractivity contribution in [2.45, 2.75) is 107 Å². The van der Waals surface area contributed by atoms with Gasteiger partial charge in [0.25, 0.3) is 0 Å². The first-order valence-electron chi connectivity index (χ1n) is 15.2. The van der Waals surface area contributed by atoms with E-state index in [0.717, 1.165) is 24.1 Å². The zero-order chi connectivity index (χ0) is 31.2. The van der Waals surface area contributed by atoms with Crippen molar-refractivity contribution in [2.24, 2.45) is 0 Å². The summed E-state index contributed by atoms with van der Waals surface area (Å²) < 4.78 is 28.7. The maximum Gasteiger partial charge on any atom is 0.408 e. The third-order valence-electron chi connectivity index (χ3n) is 9.14. The molecule has 11 nitrogen and oxygen atoms in total. The Kier molecular flexibility index (Phi) is 8.43. The number of carbonyl (C=O) groups excluding carboxylic acids is 3. The van der Waals surface area contributed by atoms with Crippen molar-refractivity contribution in [2.75, 3.05) is 27.3 Å². The van der Waals surface area contributed by atoms with Crippen LogP contribution in [0.5, 0.6) is 11.5 Å². The van der Waals surface area contributed by atoms with Crippen LogP contribution >= 0.6 is 0 Å². The molecule has 0 radical (unpaired) electrons. The van der Waals surface area contributed by atoms with E-state index >= 15 is 0 Å². The minimum Gasteiger partial charge on any atom is -0.493 e. The number of piperidine rings is 1. The first-order chi connectivity index (χ1) is 20.3. The average molecular weight is 601 g/mol. The highest BCUT2D eigenvalue weighted by molar-refractivity contribution is 5.82. The number of nitrogens with zero attached hydrogens (tertiary/aromatic N) is 1. The molecule has 1 amide bonds. The lowest BCUT2D eigenvalue weighted by Gasteiger charge is -2.61. The third kappa shape index (κ3) is 5.46. The second-order valence-corrected chi connectivity index (χ2v) is 13.0. The lowest BCUT2D eigenvalue weighted by atomic mass is 9.50. The van der Waals surface area contributed by atoms with E-state index in [2.05, 4.69) is 10.2 Å². The number of alkyl carbamates (subject to hydrolysis) is 1. The molecular weight excluding hydrogens is 556 g/mol. The predicted molar refractivity (Wildman–Crippen MR) is 156 cm³/mol. The number of esters is 2. The first-order valence-corrected chi connectivity index (χ1v) is 15.2. The van der Waals surface area contributed by atoms with E-state index in [4.69, 9.17) is 23.7 Å². The van der Waals surface area contributed by atoms with Crippen LogP contribution in [0.15, 0.2) is 24.0 Å². The van der Waals surface area contributed by atoms with Crippen molar-refractivity contribution < 1.29 is 43.2 Å². The second-order valence-electron chi connectivity index (χ2n) is 13.0. The molecule has 5 atom stereocenters. The van der Waals surface area contributed by atoms with Crippen LogP contribution in [0.25, 0.3) is 0 Å². The normalized spacial score (nSPS) is 27.7. The number of unbranched alkanes of at least 4 members (excludes halogenated alkanes) is 1. The van der Waals surface area contributed by atoms with Crippen LogP contribution < -0.4 is 14.8 Å². The fourth-order valence-corrected chi connectivity index (χ4v) is 7.15. The summed E-state index contributed by atoms with van der Waals surface area (Å²) in [5.74, 6) is 0.280. The SMILES string of the molecule is CCCCOC(=O)[C@H](CCC(=O)OC1=CC[C@@]2(O)[C@H]3Cc4ccc(OC)c5c4[C@@]2(CCN3C)[C@H]1O5)NC(=O)OC(C)(C)C. The van der Waals surface area contributed by atoms with E-state index in [9.17, 15) is 19.5 Å². The molecule has 0 unspecified atom stereocenters. The Labute approximate surface area is 252 Å². The number of ether oxygens (including phenoxy) is 5. The van der Waals surface area contributed by atoms with E-state index in [1.807, 2.05) is 26.1 Å². The zero-order valence-electron chi connectivity index (χ0n) is 26.0. The van der Waals surface area contributed by atoms with E-state index in [0.29, 0.717) is 42.9 Å². The number of nitrogens with one attached hydrogen (secondary N) is 1. The van der Waals surface area contributed by atoms with Crippen LogP contribution in [0.3, 0.4) is 0 Å². The van der Waals surface area contributed by atoms with Gasteiger partial charge in [0.1, 0.15) is 17.4 Å². The molecule has 2 bridgehead atoms. The Morgan fingerprint density at radius 1 is 1.26 bits per heavy atom. The van der Waals surface area contributed by atoms with Crippen molar-refractivity contribution >= 4 is 18.0 Å². The van der Waals surface area contributed by atoms with E-state index < -0.39 is 46.8 Å². The predicted octanol–water partition coefficient (Wildman–Crippen LogP) is 3.53. The number of rotatable bonds is 10. The standard InChI is InChI=1S/C32H44N2O9/c1-7-8-17-40-28(36)20(33-29(37)43-30(2,3)4)10-12-24(35)41-22-13-14-32(38)23-18-19-9-11-21(39-6)26-25(19)31(32,27(22)42-26)15-16-34(23)5/h9,11,13,20,23,27,38H,7-8,10,12,14-18H2,1-6H3,(H,33,37)/t20-,23+,27-,31-,32+/m0/s1. The van der Waals surface area contributed by atoms with Gasteiger partial charge in [0.05, 0.1) is 24.7 Å². The maximum atomic E-state index is 13.3. The summed E-state index contributed by atoms with van der Waals surface area (Å²) >= 11 is 0. The molecule has 236 valence electrons. The van der Waals surface area contributed by atoms with Gasteiger partial charge in [0.15, 0.2) is 17.6 Å². The van der Waals surface area contributed by atoms with Crippen LogP contribution in [-0.2, 0) is 35.6 Å². The van der Waals surface area contributed by atoms with Crippen LogP contribution in [0.2, 0.25) is 0 Å². The fraction of sp³-hybridized carbons (Fsp3) is 0.656.